The van der Waals surface area contributed by atoms with Crippen LogP contribution in [0.4, 0.5) is 13.2 Å². The number of nitrogens with one attached hydrogen (secondary N) is 2. The normalized spacial score (nSPS) is 17.3. The van der Waals surface area contributed by atoms with Gasteiger partial charge in [0.25, 0.3) is 11.7 Å². The van der Waals surface area contributed by atoms with E-state index in [2.05, 4.69) is 44.4 Å². The first-order valence-electron chi connectivity index (χ1n) is 12.2. The Morgan fingerprint density at radius 1 is 1.08 bits per heavy atom. The molecule has 0 aromatic heterocycles. The van der Waals surface area contributed by atoms with E-state index < -0.39 is 56.5 Å². The topological polar surface area (TPSA) is 116 Å². The molecule has 0 fully saturated rings. The van der Waals surface area contributed by atoms with E-state index in [1.54, 1.807) is 0 Å². The highest BCUT2D eigenvalue weighted by atomic mass is 32.3. The molecule has 0 aliphatic heterocycles. The number of alkyl halides is 3. The number of hydrogen-bond acceptors (Lipinski definition) is 6. The molecule has 0 radical (unpaired) electrons. The summed E-state index contributed by atoms with van der Waals surface area (Å²) in [6.07, 6.45) is -2.64. The van der Waals surface area contributed by atoms with Gasteiger partial charge in [-0.1, -0.05) is 24.3 Å². The van der Waals surface area contributed by atoms with Crippen molar-refractivity contribution >= 4 is 28.1 Å². The summed E-state index contributed by atoms with van der Waals surface area (Å²) in [6.45, 7) is 8.28. The molecule has 2 aromatic rings. The first-order valence-corrected chi connectivity index (χ1v) is 13.9. The second kappa shape index (κ2) is 11.2. The van der Waals surface area contributed by atoms with Crippen LogP contribution in [0.15, 0.2) is 47.4 Å². The Kier molecular flexibility index (Phi) is 8.77. The molecule has 2 atom stereocenters. The van der Waals surface area contributed by atoms with Crippen molar-refractivity contribution in [3.63, 3.8) is 0 Å². The summed E-state index contributed by atoms with van der Waals surface area (Å²) in [7, 11) is -4.09. The van der Waals surface area contributed by atoms with Crippen molar-refractivity contribution in [2.24, 2.45) is 0 Å². The highest BCUT2D eigenvalue weighted by Crippen LogP contribution is 2.49. The zero-order valence-corrected chi connectivity index (χ0v) is 22.5. The van der Waals surface area contributed by atoms with Gasteiger partial charge in [-0.25, -0.2) is 0 Å². The molecule has 2 aromatic carbocycles. The number of rotatable bonds is 8. The third-order valence-corrected chi connectivity index (χ3v) is 7.94. The van der Waals surface area contributed by atoms with Gasteiger partial charge < -0.3 is 10.6 Å². The molecule has 4 N–H and O–H groups in total. The first kappa shape index (κ1) is 29.8. The largest absolute Gasteiger partial charge is 0.416 e. The van der Waals surface area contributed by atoms with Crippen LogP contribution in [0.3, 0.4) is 0 Å². The molecule has 0 bridgehead atoms. The Bertz CT molecular complexity index is 1220. The maximum Gasteiger partial charge on any atom is 0.416 e. The molecule has 0 heterocycles. The van der Waals surface area contributed by atoms with Crippen LogP contribution in [0.2, 0.25) is 0 Å². The van der Waals surface area contributed by atoms with Crippen molar-refractivity contribution in [3.05, 3.63) is 64.7 Å². The molecule has 208 valence electrons. The van der Waals surface area contributed by atoms with Crippen LogP contribution < -0.4 is 10.6 Å². The molecule has 1 aliphatic carbocycles. The molecule has 11 heteroatoms. The predicted octanol–water partition coefficient (Wildman–Crippen LogP) is 5.60. The Morgan fingerprint density at radius 2 is 1.76 bits per heavy atom. The van der Waals surface area contributed by atoms with Gasteiger partial charge in [-0.05, 0) is 81.8 Å². The molecule has 7 nitrogen and oxygen atoms in total. The Morgan fingerprint density at radius 3 is 2.39 bits per heavy atom. The van der Waals surface area contributed by atoms with Crippen molar-refractivity contribution in [1.82, 2.24) is 10.6 Å². The lowest BCUT2D eigenvalue weighted by Crippen LogP contribution is -2.40. The molecule has 0 spiro atoms. The fourth-order valence-corrected chi connectivity index (χ4v) is 5.82. The second-order valence-corrected chi connectivity index (χ2v) is 12.7. The Hall–Kier alpha value is -2.73. The number of ketones is 2. The molecular formula is C27H33F3N2O5S. The monoisotopic (exact) mass is 554 g/mol. The highest BCUT2D eigenvalue weighted by molar-refractivity contribution is 8.25. The van der Waals surface area contributed by atoms with Crippen LogP contribution in [0.5, 0.6) is 0 Å². The minimum Gasteiger partial charge on any atom is -0.342 e. The maximum atomic E-state index is 13.0. The number of fused-ring (bicyclic) bond motifs is 1. The third-order valence-electron chi connectivity index (χ3n) is 6.27. The van der Waals surface area contributed by atoms with Gasteiger partial charge in [0, 0.05) is 11.6 Å². The van der Waals surface area contributed by atoms with Crippen molar-refractivity contribution in [2.45, 2.75) is 75.7 Å². The first-order chi connectivity index (χ1) is 17.5. The van der Waals surface area contributed by atoms with E-state index in [1.807, 2.05) is 12.1 Å². The number of carbonyl (C=O) groups is 3. The minimum atomic E-state index is -4.73. The fraction of sp³-hybridized carbons (Fsp3) is 0.444. The Labute approximate surface area is 221 Å². The lowest BCUT2D eigenvalue weighted by molar-refractivity contribution is -0.144. The van der Waals surface area contributed by atoms with Crippen molar-refractivity contribution in [3.8, 4) is 0 Å². The van der Waals surface area contributed by atoms with Crippen LogP contribution in [0, 0.1) is 0 Å². The summed E-state index contributed by atoms with van der Waals surface area (Å²) in [5.74, 6) is -5.26. The molecule has 1 amide bonds. The Balaban J connectivity index is 1.69. The summed E-state index contributed by atoms with van der Waals surface area (Å²) in [5.41, 5.74) is 1.73. The van der Waals surface area contributed by atoms with Gasteiger partial charge in [-0.15, -0.1) is 0 Å². The summed E-state index contributed by atoms with van der Waals surface area (Å²) in [4.78, 5) is 37.0. The summed E-state index contributed by atoms with van der Waals surface area (Å²) >= 11 is 0. The number of Topliss-reactive ketones (excluding diaryl/α,β-unsaturated/α-hetero) is 2. The summed E-state index contributed by atoms with van der Waals surface area (Å²) < 4.78 is 59.6. The smallest absolute Gasteiger partial charge is 0.342 e. The zero-order chi connectivity index (χ0) is 28.5. The number of benzene rings is 2. The molecule has 0 saturated carbocycles. The standard InChI is InChI=1S/C27H33F3N2O5S/c1-16(32-26(2,3)4)17-11-12-21-18(13-17)7-5-10-22(21)31-25(35)24(34)23(33)15-38(36,37)20-9-6-8-19(14-20)27(28,29)30/h6,8-9,11-14,16,22,32,36-37H,5,7,10,15H2,1-4H3,(H,31,35)/t16-,22?/m1/s1. The van der Waals surface area contributed by atoms with Gasteiger partial charge in [0.1, 0.15) is 5.75 Å². The van der Waals surface area contributed by atoms with E-state index in [1.165, 1.54) is 0 Å². The number of amides is 1. The number of halogens is 3. The van der Waals surface area contributed by atoms with Gasteiger partial charge in [-0.3, -0.25) is 23.5 Å². The molecular weight excluding hydrogens is 521 g/mol. The molecule has 3 rings (SSSR count). The van der Waals surface area contributed by atoms with Gasteiger partial charge in [0.15, 0.2) is 0 Å². The average Bonchev–Trinajstić information content (AvgIpc) is 2.81. The van der Waals surface area contributed by atoms with Crippen LogP contribution >= 0.6 is 10.6 Å². The van der Waals surface area contributed by atoms with Crippen LogP contribution in [0.1, 0.15) is 74.9 Å². The van der Waals surface area contributed by atoms with E-state index in [9.17, 15) is 36.7 Å². The minimum absolute atomic E-state index is 0.0811. The quantitative estimate of drug-likeness (QED) is 0.250. The number of aryl methyl sites for hydroxylation is 1. The van der Waals surface area contributed by atoms with Gasteiger partial charge in [-0.2, -0.15) is 23.8 Å². The van der Waals surface area contributed by atoms with Gasteiger partial charge in [0.2, 0.25) is 5.78 Å². The van der Waals surface area contributed by atoms with Crippen LogP contribution in [-0.4, -0.2) is 37.9 Å². The van der Waals surface area contributed by atoms with E-state index in [0.29, 0.717) is 12.5 Å². The molecule has 38 heavy (non-hydrogen) atoms. The maximum absolute atomic E-state index is 13.0. The molecule has 0 saturated heterocycles. The van der Waals surface area contributed by atoms with E-state index in [-0.39, 0.29) is 11.6 Å². The van der Waals surface area contributed by atoms with Crippen molar-refractivity contribution < 1.29 is 36.7 Å². The lowest BCUT2D eigenvalue weighted by Gasteiger charge is -2.32. The number of hydrogen-bond donors (Lipinski definition) is 4. The van der Waals surface area contributed by atoms with Gasteiger partial charge in [0.05, 0.1) is 16.5 Å². The van der Waals surface area contributed by atoms with Gasteiger partial charge >= 0.3 is 6.18 Å². The average molecular weight is 555 g/mol. The van der Waals surface area contributed by atoms with E-state index >= 15 is 0 Å². The third kappa shape index (κ3) is 7.43. The molecule has 1 aliphatic rings. The van der Waals surface area contributed by atoms with Crippen molar-refractivity contribution in [2.75, 3.05) is 5.75 Å². The van der Waals surface area contributed by atoms with Crippen LogP contribution in [0.25, 0.3) is 0 Å². The summed E-state index contributed by atoms with van der Waals surface area (Å²) in [5, 5.41) is 6.08. The second-order valence-electron chi connectivity index (χ2n) is 10.6. The highest BCUT2D eigenvalue weighted by Gasteiger charge is 2.34. The predicted molar refractivity (Wildman–Crippen MR) is 139 cm³/mol. The zero-order valence-electron chi connectivity index (χ0n) is 21.7. The lowest BCUT2D eigenvalue weighted by atomic mass is 9.85. The van der Waals surface area contributed by atoms with E-state index in [4.69, 9.17) is 0 Å². The summed E-state index contributed by atoms with van der Waals surface area (Å²) in [6, 6.07) is 8.73. The fourth-order valence-electron chi connectivity index (χ4n) is 4.54. The molecule has 1 unspecified atom stereocenters. The van der Waals surface area contributed by atoms with E-state index in [0.717, 1.165) is 47.7 Å². The SMILES string of the molecule is C[C@@H](NC(C)(C)C)c1ccc2c(c1)CCCC2NC(=O)C(=O)C(=O)CS(O)(O)c1cccc(C(F)(F)F)c1. The van der Waals surface area contributed by atoms with Crippen molar-refractivity contribution in [1.29, 1.82) is 0 Å². The van der Waals surface area contributed by atoms with Crippen LogP contribution in [-0.2, 0) is 27.0 Å². The number of carbonyl (C=O) groups excluding carboxylic acids is 3.